The molecule has 0 spiro atoms. The van der Waals surface area contributed by atoms with Gasteiger partial charge in [0.25, 0.3) is 0 Å². The third kappa shape index (κ3) is 5.65. The standard InChI is InChI=1S/C50H37NOS/c1-2-3-10-33-17-18-35-19-20-37(30-39(35)29-33)36-11-9-14-42(31-36)51(40-12-5-4-6-13-40)41-24-21-34(22-25-41)38-23-26-44-48(32-38)53-47-28-27-46-49(50(44)47)43-15-7-8-16-45(43)52-46/h4-9,11-32H,2-3,10H2,1H3. The van der Waals surface area contributed by atoms with Gasteiger partial charge in [-0.1, -0.05) is 116 Å². The molecule has 0 amide bonds. The largest absolute Gasteiger partial charge is 0.456 e. The first-order valence-electron chi connectivity index (χ1n) is 18.6. The van der Waals surface area contributed by atoms with Gasteiger partial charge in [-0.2, -0.15) is 0 Å². The Kier molecular flexibility index (Phi) is 7.81. The van der Waals surface area contributed by atoms with Crippen molar-refractivity contribution in [2.45, 2.75) is 26.2 Å². The minimum atomic E-state index is 0.937. The molecule has 0 unspecified atom stereocenters. The van der Waals surface area contributed by atoms with Crippen LogP contribution in [0.5, 0.6) is 0 Å². The number of thiophene rings is 1. The minimum Gasteiger partial charge on any atom is -0.456 e. The number of hydrogen-bond acceptors (Lipinski definition) is 3. The van der Waals surface area contributed by atoms with E-state index in [1.54, 1.807) is 0 Å². The lowest BCUT2D eigenvalue weighted by molar-refractivity contribution is 0.669. The number of unbranched alkanes of at least 4 members (excludes halogenated alkanes) is 1. The SMILES string of the molecule is CCCCc1ccc2ccc(-c3cccc(N(c4ccccc4)c4ccc(-c5ccc6c(c5)sc5ccc7oc8ccccc8c7c56)cc4)c3)cc2c1. The van der Waals surface area contributed by atoms with Crippen molar-refractivity contribution in [2.24, 2.45) is 0 Å². The van der Waals surface area contributed by atoms with Crippen LogP contribution in [0.25, 0.3) is 75.1 Å². The molecule has 0 aliphatic carbocycles. The molecule has 0 radical (unpaired) electrons. The molecule has 53 heavy (non-hydrogen) atoms. The van der Waals surface area contributed by atoms with Crippen LogP contribution in [0.15, 0.2) is 174 Å². The first-order valence-corrected chi connectivity index (χ1v) is 19.4. The van der Waals surface area contributed by atoms with Gasteiger partial charge in [0.2, 0.25) is 0 Å². The molecule has 0 atom stereocenters. The molecule has 10 rings (SSSR count). The molecule has 0 fully saturated rings. The van der Waals surface area contributed by atoms with E-state index in [1.807, 2.05) is 17.4 Å². The Labute approximate surface area is 313 Å². The van der Waals surface area contributed by atoms with Crippen LogP contribution in [-0.2, 0) is 6.42 Å². The summed E-state index contributed by atoms with van der Waals surface area (Å²) in [5.41, 5.74) is 11.5. The zero-order valence-electron chi connectivity index (χ0n) is 29.6. The summed E-state index contributed by atoms with van der Waals surface area (Å²) in [5, 5.41) is 7.54. The number of fused-ring (bicyclic) bond motifs is 8. The summed E-state index contributed by atoms with van der Waals surface area (Å²) < 4.78 is 8.80. The number of hydrogen-bond donors (Lipinski definition) is 0. The van der Waals surface area contributed by atoms with E-state index in [0.29, 0.717) is 0 Å². The Bertz CT molecular complexity index is 2930. The molecule has 0 aliphatic rings. The van der Waals surface area contributed by atoms with Gasteiger partial charge in [-0.3, -0.25) is 0 Å². The Morgan fingerprint density at radius 3 is 2.09 bits per heavy atom. The molecular formula is C50H37NOS. The van der Waals surface area contributed by atoms with Gasteiger partial charge in [0.1, 0.15) is 11.2 Å². The maximum atomic E-state index is 6.23. The van der Waals surface area contributed by atoms with Crippen LogP contribution in [0.1, 0.15) is 25.3 Å². The van der Waals surface area contributed by atoms with Crippen molar-refractivity contribution in [3.8, 4) is 22.3 Å². The van der Waals surface area contributed by atoms with Crippen molar-refractivity contribution in [3.05, 3.63) is 175 Å². The Morgan fingerprint density at radius 1 is 0.472 bits per heavy atom. The lowest BCUT2D eigenvalue weighted by Gasteiger charge is -2.26. The van der Waals surface area contributed by atoms with Crippen molar-refractivity contribution in [2.75, 3.05) is 4.90 Å². The number of para-hydroxylation sites is 2. The second kappa shape index (κ2) is 13.1. The maximum Gasteiger partial charge on any atom is 0.136 e. The highest BCUT2D eigenvalue weighted by Gasteiger charge is 2.17. The monoisotopic (exact) mass is 699 g/mol. The number of rotatable bonds is 8. The molecule has 0 saturated carbocycles. The van der Waals surface area contributed by atoms with E-state index in [-0.39, 0.29) is 0 Å². The van der Waals surface area contributed by atoms with E-state index < -0.39 is 0 Å². The highest BCUT2D eigenvalue weighted by Crippen LogP contribution is 2.44. The number of nitrogens with zero attached hydrogens (tertiary/aromatic N) is 1. The third-order valence-electron chi connectivity index (χ3n) is 10.6. The molecule has 0 bridgehead atoms. The van der Waals surface area contributed by atoms with Crippen LogP contribution in [-0.4, -0.2) is 0 Å². The molecule has 0 N–H and O–H groups in total. The third-order valence-corrected chi connectivity index (χ3v) is 11.7. The normalized spacial score (nSPS) is 11.7. The average molecular weight is 700 g/mol. The van der Waals surface area contributed by atoms with Gasteiger partial charge >= 0.3 is 0 Å². The fraction of sp³-hybridized carbons (Fsp3) is 0.0800. The summed E-state index contributed by atoms with van der Waals surface area (Å²) in [7, 11) is 0. The summed E-state index contributed by atoms with van der Waals surface area (Å²) in [5.74, 6) is 0. The fourth-order valence-corrected chi connectivity index (χ4v) is 9.08. The van der Waals surface area contributed by atoms with Crippen molar-refractivity contribution >= 4 is 81.3 Å². The summed E-state index contributed by atoms with van der Waals surface area (Å²) in [6.07, 6.45) is 3.56. The molecule has 0 aliphatic heterocycles. The van der Waals surface area contributed by atoms with Gasteiger partial charge in [0, 0.05) is 48.0 Å². The first kappa shape index (κ1) is 31.6. The minimum absolute atomic E-state index is 0.937. The predicted molar refractivity (Wildman–Crippen MR) is 228 cm³/mol. The van der Waals surface area contributed by atoms with E-state index in [1.165, 1.54) is 82.4 Å². The molecule has 3 heteroatoms. The van der Waals surface area contributed by atoms with Gasteiger partial charge in [-0.05, 0) is 118 Å². The molecule has 2 aromatic heterocycles. The second-order valence-electron chi connectivity index (χ2n) is 14.0. The molecule has 8 aromatic carbocycles. The molecule has 0 saturated heterocycles. The van der Waals surface area contributed by atoms with Crippen molar-refractivity contribution in [1.29, 1.82) is 0 Å². The lowest BCUT2D eigenvalue weighted by Crippen LogP contribution is -2.09. The van der Waals surface area contributed by atoms with Gasteiger partial charge in [-0.25, -0.2) is 0 Å². The Hall–Kier alpha value is -6.16. The lowest BCUT2D eigenvalue weighted by atomic mass is 9.98. The second-order valence-corrected chi connectivity index (χ2v) is 15.1. The number of aryl methyl sites for hydroxylation is 1. The van der Waals surface area contributed by atoms with Crippen LogP contribution in [0, 0.1) is 0 Å². The Balaban J connectivity index is 1.01. The summed E-state index contributed by atoms with van der Waals surface area (Å²) in [6, 6.07) is 62.0. The van der Waals surface area contributed by atoms with Crippen molar-refractivity contribution < 1.29 is 4.42 Å². The predicted octanol–water partition coefficient (Wildman–Crippen LogP) is 15.3. The van der Waals surface area contributed by atoms with E-state index in [2.05, 4.69) is 176 Å². The van der Waals surface area contributed by atoms with Gasteiger partial charge < -0.3 is 9.32 Å². The van der Waals surface area contributed by atoms with Gasteiger partial charge in [0.05, 0.1) is 0 Å². The summed E-state index contributed by atoms with van der Waals surface area (Å²) in [6.45, 7) is 2.26. The smallest absolute Gasteiger partial charge is 0.136 e. The van der Waals surface area contributed by atoms with Gasteiger partial charge in [-0.15, -0.1) is 11.3 Å². The quantitative estimate of drug-likeness (QED) is 0.157. The van der Waals surface area contributed by atoms with E-state index in [0.717, 1.165) is 34.6 Å². The highest BCUT2D eigenvalue weighted by atomic mass is 32.1. The number of benzene rings is 8. The van der Waals surface area contributed by atoms with E-state index in [4.69, 9.17) is 4.42 Å². The Morgan fingerprint density at radius 2 is 1.21 bits per heavy atom. The zero-order valence-corrected chi connectivity index (χ0v) is 30.4. The zero-order chi connectivity index (χ0) is 35.3. The van der Waals surface area contributed by atoms with Crippen LogP contribution in [0.3, 0.4) is 0 Å². The molecule has 254 valence electrons. The van der Waals surface area contributed by atoms with Crippen LogP contribution < -0.4 is 4.90 Å². The summed E-state index contributed by atoms with van der Waals surface area (Å²) in [4.78, 5) is 2.35. The number of furan rings is 1. The molecule has 2 nitrogen and oxygen atoms in total. The fourth-order valence-electron chi connectivity index (χ4n) is 7.93. The number of anilines is 3. The van der Waals surface area contributed by atoms with Crippen LogP contribution >= 0.6 is 11.3 Å². The van der Waals surface area contributed by atoms with Crippen LogP contribution in [0.2, 0.25) is 0 Å². The van der Waals surface area contributed by atoms with Crippen LogP contribution in [0.4, 0.5) is 17.1 Å². The molecule has 2 heterocycles. The molecular weight excluding hydrogens is 663 g/mol. The van der Waals surface area contributed by atoms with Gasteiger partial charge in [0.15, 0.2) is 0 Å². The van der Waals surface area contributed by atoms with E-state index in [9.17, 15) is 0 Å². The van der Waals surface area contributed by atoms with Crippen molar-refractivity contribution in [1.82, 2.24) is 0 Å². The first-order chi connectivity index (χ1) is 26.2. The molecule has 10 aromatic rings. The average Bonchev–Trinajstić information content (AvgIpc) is 3.78. The van der Waals surface area contributed by atoms with E-state index >= 15 is 0 Å². The maximum absolute atomic E-state index is 6.23. The van der Waals surface area contributed by atoms with Crippen molar-refractivity contribution in [3.63, 3.8) is 0 Å². The highest BCUT2D eigenvalue weighted by molar-refractivity contribution is 7.26. The topological polar surface area (TPSA) is 16.4 Å². The summed E-state index contributed by atoms with van der Waals surface area (Å²) >= 11 is 1.85.